The summed E-state index contributed by atoms with van der Waals surface area (Å²) in [5, 5.41) is 9.37. The van der Waals surface area contributed by atoms with Gasteiger partial charge in [-0.2, -0.15) is 4.31 Å². The van der Waals surface area contributed by atoms with Crippen molar-refractivity contribution >= 4 is 31.6 Å². The van der Waals surface area contributed by atoms with Crippen molar-refractivity contribution in [3.63, 3.8) is 0 Å². The first-order valence-electron chi connectivity index (χ1n) is 7.68. The molecule has 2 aromatic rings. The number of rotatable bonds is 3. The molecular formula is C17H19BrN2O3S. The Labute approximate surface area is 150 Å². The van der Waals surface area contributed by atoms with Crippen molar-refractivity contribution in [3.05, 3.63) is 52.5 Å². The van der Waals surface area contributed by atoms with Crippen molar-refractivity contribution in [1.29, 1.82) is 0 Å². The minimum Gasteiger partial charge on any atom is -0.508 e. The number of hydrogen-bond acceptors (Lipinski definition) is 4. The van der Waals surface area contributed by atoms with Crippen LogP contribution in [0.2, 0.25) is 0 Å². The molecule has 1 heterocycles. The highest BCUT2D eigenvalue weighted by Crippen LogP contribution is 2.26. The number of nitrogens with zero attached hydrogens (tertiary/aromatic N) is 2. The van der Waals surface area contributed by atoms with Crippen molar-refractivity contribution in [2.24, 2.45) is 0 Å². The summed E-state index contributed by atoms with van der Waals surface area (Å²) in [6.07, 6.45) is 0. The Bertz CT molecular complexity index is 829. The van der Waals surface area contributed by atoms with E-state index in [2.05, 4.69) is 20.8 Å². The molecule has 1 aliphatic heterocycles. The molecule has 0 atom stereocenters. The first-order valence-corrected chi connectivity index (χ1v) is 9.91. The summed E-state index contributed by atoms with van der Waals surface area (Å²) in [6.45, 7) is 3.93. The van der Waals surface area contributed by atoms with Gasteiger partial charge in [-0.25, -0.2) is 8.42 Å². The zero-order valence-corrected chi connectivity index (χ0v) is 15.7. The van der Waals surface area contributed by atoms with Gasteiger partial charge in [0.1, 0.15) is 5.75 Å². The van der Waals surface area contributed by atoms with Gasteiger partial charge >= 0.3 is 0 Å². The molecule has 7 heteroatoms. The molecule has 3 rings (SSSR count). The maximum Gasteiger partial charge on any atom is 0.243 e. The Morgan fingerprint density at radius 1 is 1.00 bits per heavy atom. The third-order valence-corrected chi connectivity index (χ3v) is 6.76. The predicted octanol–water partition coefficient (Wildman–Crippen LogP) is 2.97. The van der Waals surface area contributed by atoms with Crippen LogP contribution in [0, 0.1) is 6.92 Å². The summed E-state index contributed by atoms with van der Waals surface area (Å²) in [4.78, 5) is 2.48. The number of halogens is 1. The highest BCUT2D eigenvalue weighted by Gasteiger charge is 2.29. The summed E-state index contributed by atoms with van der Waals surface area (Å²) < 4.78 is 28.1. The second kappa shape index (κ2) is 6.74. The molecule has 0 spiro atoms. The van der Waals surface area contributed by atoms with Crippen LogP contribution < -0.4 is 4.90 Å². The second-order valence-corrected chi connectivity index (χ2v) is 8.64. The van der Waals surface area contributed by atoms with E-state index in [1.54, 1.807) is 22.5 Å². The summed E-state index contributed by atoms with van der Waals surface area (Å²) in [5.41, 5.74) is 1.74. The largest absolute Gasteiger partial charge is 0.508 e. The van der Waals surface area contributed by atoms with E-state index in [1.165, 1.54) is 0 Å². The Balaban J connectivity index is 1.76. The Morgan fingerprint density at radius 3 is 2.25 bits per heavy atom. The van der Waals surface area contributed by atoms with Crippen molar-refractivity contribution in [2.75, 3.05) is 31.1 Å². The van der Waals surface area contributed by atoms with E-state index in [-0.39, 0.29) is 5.75 Å². The Kier molecular flexibility index (Phi) is 4.85. The van der Waals surface area contributed by atoms with Crippen LogP contribution in [0.5, 0.6) is 5.75 Å². The Hall–Kier alpha value is -1.57. The lowest BCUT2D eigenvalue weighted by atomic mass is 10.2. The van der Waals surface area contributed by atoms with Crippen molar-refractivity contribution in [2.45, 2.75) is 11.8 Å². The Morgan fingerprint density at radius 2 is 1.62 bits per heavy atom. The molecule has 128 valence electrons. The lowest BCUT2D eigenvalue weighted by Gasteiger charge is -2.35. The lowest BCUT2D eigenvalue weighted by molar-refractivity contribution is 0.384. The van der Waals surface area contributed by atoms with E-state index in [4.69, 9.17) is 0 Å². The molecule has 1 N–H and O–H groups in total. The number of aryl methyl sites for hydroxylation is 1. The van der Waals surface area contributed by atoms with Crippen LogP contribution in [0.15, 0.2) is 51.8 Å². The van der Waals surface area contributed by atoms with Gasteiger partial charge in [0.2, 0.25) is 10.0 Å². The summed E-state index contributed by atoms with van der Waals surface area (Å²) >= 11 is 3.35. The molecule has 0 saturated carbocycles. The summed E-state index contributed by atoms with van der Waals surface area (Å²) in [6, 6.07) is 12.3. The van der Waals surface area contributed by atoms with Crippen LogP contribution in [-0.4, -0.2) is 44.0 Å². The van der Waals surface area contributed by atoms with Gasteiger partial charge in [-0.15, -0.1) is 0 Å². The zero-order chi connectivity index (χ0) is 17.3. The van der Waals surface area contributed by atoms with Crippen molar-refractivity contribution < 1.29 is 13.5 Å². The normalized spacial score (nSPS) is 16.3. The monoisotopic (exact) mass is 410 g/mol. The third kappa shape index (κ3) is 3.43. The maximum atomic E-state index is 12.9. The van der Waals surface area contributed by atoms with Crippen LogP contribution >= 0.6 is 15.9 Å². The molecule has 0 bridgehead atoms. The topological polar surface area (TPSA) is 60.9 Å². The SMILES string of the molecule is Cc1ccc(Br)cc1S(=O)(=O)N1CCN(c2ccc(O)cc2)CC1. The quantitative estimate of drug-likeness (QED) is 0.844. The zero-order valence-electron chi connectivity index (χ0n) is 13.3. The lowest BCUT2D eigenvalue weighted by Crippen LogP contribution is -2.48. The highest BCUT2D eigenvalue weighted by atomic mass is 79.9. The average molecular weight is 411 g/mol. The van der Waals surface area contributed by atoms with Crippen LogP contribution in [-0.2, 0) is 10.0 Å². The van der Waals surface area contributed by atoms with Crippen molar-refractivity contribution in [1.82, 2.24) is 4.31 Å². The first kappa shape index (κ1) is 17.3. The van der Waals surface area contributed by atoms with Gasteiger partial charge in [0.25, 0.3) is 0 Å². The number of phenolic OH excluding ortho intramolecular Hbond substituents is 1. The van der Waals surface area contributed by atoms with Gasteiger partial charge in [-0.05, 0) is 48.9 Å². The fourth-order valence-corrected chi connectivity index (χ4v) is 5.03. The van der Waals surface area contributed by atoms with E-state index < -0.39 is 10.0 Å². The molecule has 0 unspecified atom stereocenters. The van der Waals surface area contributed by atoms with Gasteiger partial charge in [-0.3, -0.25) is 0 Å². The van der Waals surface area contributed by atoms with E-state index >= 15 is 0 Å². The number of hydrogen-bond donors (Lipinski definition) is 1. The van der Waals surface area contributed by atoms with E-state index in [1.807, 2.05) is 31.2 Å². The minimum atomic E-state index is -3.49. The van der Waals surface area contributed by atoms with Gasteiger partial charge < -0.3 is 10.0 Å². The predicted molar refractivity (Wildman–Crippen MR) is 98.0 cm³/mol. The average Bonchev–Trinajstić information content (AvgIpc) is 2.58. The van der Waals surface area contributed by atoms with Crippen molar-refractivity contribution in [3.8, 4) is 5.75 Å². The summed E-state index contributed by atoms with van der Waals surface area (Å²) in [7, 11) is -3.49. The van der Waals surface area contributed by atoms with Crippen LogP contribution in [0.3, 0.4) is 0 Å². The molecule has 24 heavy (non-hydrogen) atoms. The molecule has 0 amide bonds. The number of piperazine rings is 1. The number of aromatic hydroxyl groups is 1. The molecular weight excluding hydrogens is 392 g/mol. The smallest absolute Gasteiger partial charge is 0.243 e. The maximum absolute atomic E-state index is 12.9. The van der Waals surface area contributed by atoms with Gasteiger partial charge in [0.15, 0.2) is 0 Å². The minimum absolute atomic E-state index is 0.227. The molecule has 1 fully saturated rings. The molecule has 5 nitrogen and oxygen atoms in total. The number of sulfonamides is 1. The first-order chi connectivity index (χ1) is 11.4. The standard InChI is InChI=1S/C17H19BrN2O3S/c1-13-2-3-14(18)12-17(13)24(22,23)20-10-8-19(9-11-20)15-4-6-16(21)7-5-15/h2-7,12,21H,8-11H2,1H3. The highest BCUT2D eigenvalue weighted by molar-refractivity contribution is 9.10. The third-order valence-electron chi connectivity index (χ3n) is 4.22. The van der Waals surface area contributed by atoms with Gasteiger partial charge in [0, 0.05) is 36.3 Å². The number of phenols is 1. The van der Waals surface area contributed by atoms with Crippen LogP contribution in [0.4, 0.5) is 5.69 Å². The molecule has 0 aliphatic carbocycles. The summed E-state index contributed by atoms with van der Waals surface area (Å²) in [5.74, 6) is 0.227. The van der Waals surface area contributed by atoms with E-state index in [9.17, 15) is 13.5 Å². The number of benzene rings is 2. The molecule has 1 saturated heterocycles. The second-order valence-electron chi connectivity index (χ2n) is 5.82. The van der Waals surface area contributed by atoms with E-state index in [0.717, 1.165) is 15.7 Å². The molecule has 0 radical (unpaired) electrons. The molecule has 0 aromatic heterocycles. The molecule has 1 aliphatic rings. The number of anilines is 1. The van der Waals surface area contributed by atoms with Gasteiger partial charge in [0.05, 0.1) is 4.90 Å². The fourth-order valence-electron chi connectivity index (χ4n) is 2.84. The van der Waals surface area contributed by atoms with Crippen LogP contribution in [0.25, 0.3) is 0 Å². The molecule has 2 aromatic carbocycles. The van der Waals surface area contributed by atoms with Crippen LogP contribution in [0.1, 0.15) is 5.56 Å². The van der Waals surface area contributed by atoms with Gasteiger partial charge in [-0.1, -0.05) is 22.0 Å². The van der Waals surface area contributed by atoms with E-state index in [0.29, 0.717) is 31.1 Å². The fraction of sp³-hybridized carbons (Fsp3) is 0.294.